The summed E-state index contributed by atoms with van der Waals surface area (Å²) < 4.78 is 12.9. The summed E-state index contributed by atoms with van der Waals surface area (Å²) in [6.07, 6.45) is 0. The Balaban J connectivity index is 1.49. The molecule has 3 aromatic rings. The first kappa shape index (κ1) is 18.2. The lowest BCUT2D eigenvalue weighted by Crippen LogP contribution is -2.37. The number of fused-ring (bicyclic) bond motifs is 1. The van der Waals surface area contributed by atoms with Crippen molar-refractivity contribution in [1.82, 2.24) is 14.6 Å². The highest BCUT2D eigenvalue weighted by molar-refractivity contribution is 5.76. The van der Waals surface area contributed by atoms with Crippen molar-refractivity contribution in [2.24, 2.45) is 0 Å². The summed E-state index contributed by atoms with van der Waals surface area (Å²) in [4.78, 5) is 9.31. The van der Waals surface area contributed by atoms with Crippen LogP contribution in [-0.2, 0) is 9.47 Å². The molecule has 2 aliphatic rings. The Hall–Kier alpha value is -2.84. The fraction of sp³-hybridized carbons (Fsp3) is 0.429. The van der Waals surface area contributed by atoms with E-state index < -0.39 is 0 Å². The van der Waals surface area contributed by atoms with E-state index in [1.54, 1.807) is 0 Å². The number of anilines is 4. The lowest BCUT2D eigenvalue weighted by Gasteiger charge is -2.30. The van der Waals surface area contributed by atoms with Gasteiger partial charge in [-0.3, -0.25) is 0 Å². The number of ether oxygens (including phenoxy) is 2. The molecule has 2 saturated heterocycles. The van der Waals surface area contributed by atoms with Crippen molar-refractivity contribution >= 4 is 28.7 Å². The van der Waals surface area contributed by atoms with Crippen LogP contribution in [0.3, 0.4) is 0 Å². The monoisotopic (exact) mass is 394 g/mol. The molecule has 2 aliphatic heterocycles. The van der Waals surface area contributed by atoms with Crippen LogP contribution in [-0.4, -0.2) is 67.2 Å². The lowest BCUT2D eigenvalue weighted by molar-refractivity contribution is 0.122. The first-order valence-electron chi connectivity index (χ1n) is 10.2. The molecule has 29 heavy (non-hydrogen) atoms. The number of imidazole rings is 1. The fourth-order valence-corrected chi connectivity index (χ4v) is 3.93. The quantitative estimate of drug-likeness (QED) is 0.729. The van der Waals surface area contributed by atoms with Gasteiger partial charge in [0.1, 0.15) is 5.82 Å². The molecule has 0 spiro atoms. The van der Waals surface area contributed by atoms with Crippen molar-refractivity contribution in [3.8, 4) is 0 Å². The Bertz CT molecular complexity index is 992. The molecule has 1 aromatic carbocycles. The van der Waals surface area contributed by atoms with Crippen molar-refractivity contribution in [3.63, 3.8) is 0 Å². The maximum atomic E-state index is 5.51. The molecule has 0 saturated carbocycles. The topological polar surface area (TPSA) is 67.2 Å². The van der Waals surface area contributed by atoms with Gasteiger partial charge in [-0.2, -0.15) is 4.52 Å². The average Bonchev–Trinajstić information content (AvgIpc) is 3.10. The third-order valence-electron chi connectivity index (χ3n) is 5.48. The van der Waals surface area contributed by atoms with Crippen molar-refractivity contribution in [2.45, 2.75) is 6.92 Å². The predicted octanol–water partition coefficient (Wildman–Crippen LogP) is 2.45. The molecule has 0 amide bonds. The number of morpholine rings is 2. The first-order chi connectivity index (χ1) is 14.3. The van der Waals surface area contributed by atoms with Crippen LogP contribution in [0.15, 0.2) is 36.4 Å². The molecule has 0 aliphatic carbocycles. The van der Waals surface area contributed by atoms with Crippen LogP contribution in [0, 0.1) is 6.92 Å². The number of hydrogen-bond acceptors (Lipinski definition) is 7. The first-order valence-corrected chi connectivity index (χ1v) is 10.2. The number of aryl methyl sites for hydroxylation is 1. The van der Waals surface area contributed by atoms with Crippen LogP contribution in [0.4, 0.5) is 23.0 Å². The summed E-state index contributed by atoms with van der Waals surface area (Å²) in [5.74, 6) is 1.85. The Labute approximate surface area is 170 Å². The Morgan fingerprint density at radius 3 is 2.31 bits per heavy atom. The van der Waals surface area contributed by atoms with Crippen molar-refractivity contribution < 1.29 is 9.47 Å². The molecule has 2 fully saturated rings. The van der Waals surface area contributed by atoms with E-state index in [0.29, 0.717) is 0 Å². The highest BCUT2D eigenvalue weighted by atomic mass is 16.5. The van der Waals surface area contributed by atoms with E-state index in [-0.39, 0.29) is 0 Å². The molecule has 2 aromatic heterocycles. The summed E-state index contributed by atoms with van der Waals surface area (Å²) >= 11 is 0. The fourth-order valence-electron chi connectivity index (χ4n) is 3.93. The van der Waals surface area contributed by atoms with Gasteiger partial charge in [-0.1, -0.05) is 12.1 Å². The molecule has 8 heteroatoms. The number of benzene rings is 1. The van der Waals surface area contributed by atoms with Gasteiger partial charge in [0.2, 0.25) is 0 Å². The van der Waals surface area contributed by atoms with E-state index in [1.807, 2.05) is 23.6 Å². The van der Waals surface area contributed by atoms with Gasteiger partial charge in [0.25, 0.3) is 0 Å². The van der Waals surface area contributed by atoms with Gasteiger partial charge in [0, 0.05) is 26.2 Å². The molecule has 8 nitrogen and oxygen atoms in total. The number of hydrogen-bond donors (Lipinski definition) is 1. The Kier molecular flexibility index (Phi) is 4.95. The molecular formula is C21H26N6O2. The van der Waals surface area contributed by atoms with Crippen LogP contribution in [0.25, 0.3) is 5.65 Å². The molecule has 0 radical (unpaired) electrons. The minimum atomic E-state index is 0.737. The average molecular weight is 394 g/mol. The third kappa shape index (κ3) is 3.61. The van der Waals surface area contributed by atoms with Crippen molar-refractivity contribution in [3.05, 3.63) is 42.1 Å². The molecule has 152 valence electrons. The zero-order chi connectivity index (χ0) is 19.6. The van der Waals surface area contributed by atoms with E-state index in [9.17, 15) is 0 Å². The highest BCUT2D eigenvalue weighted by Gasteiger charge is 2.19. The Morgan fingerprint density at radius 2 is 1.55 bits per heavy atom. The molecule has 4 heterocycles. The SMILES string of the molecule is Cc1nc2ccc(N3CCOCC3)nn2c1Nc1ccccc1N1CCOCC1. The van der Waals surface area contributed by atoms with Gasteiger partial charge >= 0.3 is 0 Å². The van der Waals surface area contributed by atoms with Crippen LogP contribution in [0.5, 0.6) is 0 Å². The minimum absolute atomic E-state index is 0.737. The second-order valence-corrected chi connectivity index (χ2v) is 7.35. The maximum Gasteiger partial charge on any atom is 0.156 e. The van der Waals surface area contributed by atoms with E-state index in [0.717, 1.165) is 81.3 Å². The number of aromatic nitrogens is 3. The van der Waals surface area contributed by atoms with Crippen LogP contribution < -0.4 is 15.1 Å². The van der Waals surface area contributed by atoms with Gasteiger partial charge < -0.3 is 24.6 Å². The predicted molar refractivity (Wildman–Crippen MR) is 114 cm³/mol. The summed E-state index contributed by atoms with van der Waals surface area (Å²) in [6.45, 7) is 8.50. The van der Waals surface area contributed by atoms with Gasteiger partial charge in [-0.25, -0.2) is 4.98 Å². The number of para-hydroxylation sites is 2. The van der Waals surface area contributed by atoms with Gasteiger partial charge in [-0.05, 0) is 31.2 Å². The largest absolute Gasteiger partial charge is 0.378 e. The Morgan fingerprint density at radius 1 is 0.862 bits per heavy atom. The number of nitrogens with one attached hydrogen (secondary N) is 1. The second kappa shape index (κ2) is 7.88. The summed E-state index contributed by atoms with van der Waals surface area (Å²) in [5.41, 5.74) is 3.99. The molecule has 5 rings (SSSR count). The maximum absolute atomic E-state index is 5.51. The highest BCUT2D eigenvalue weighted by Crippen LogP contribution is 2.31. The van der Waals surface area contributed by atoms with Crippen LogP contribution in [0.2, 0.25) is 0 Å². The van der Waals surface area contributed by atoms with Gasteiger partial charge in [0.05, 0.1) is 43.5 Å². The van der Waals surface area contributed by atoms with E-state index in [1.165, 1.54) is 5.69 Å². The molecule has 0 unspecified atom stereocenters. The van der Waals surface area contributed by atoms with Crippen molar-refractivity contribution in [2.75, 3.05) is 67.7 Å². The standard InChI is InChI=1S/C21H26N6O2/c1-16-21(23-17-4-2-3-5-18(17)25-8-12-28-13-9-25)27-19(22-16)6-7-20(24-27)26-10-14-29-15-11-26/h2-7,23H,8-15H2,1H3. The van der Waals surface area contributed by atoms with Crippen LogP contribution in [0.1, 0.15) is 5.69 Å². The van der Waals surface area contributed by atoms with E-state index in [4.69, 9.17) is 19.6 Å². The number of nitrogens with zero attached hydrogens (tertiary/aromatic N) is 5. The van der Waals surface area contributed by atoms with Crippen molar-refractivity contribution in [1.29, 1.82) is 0 Å². The normalized spacial score (nSPS) is 17.7. The number of rotatable bonds is 4. The molecule has 0 bridgehead atoms. The summed E-state index contributed by atoms with van der Waals surface area (Å²) in [5, 5.41) is 8.49. The summed E-state index contributed by atoms with van der Waals surface area (Å²) in [7, 11) is 0. The zero-order valence-electron chi connectivity index (χ0n) is 16.7. The lowest BCUT2D eigenvalue weighted by atomic mass is 10.2. The minimum Gasteiger partial charge on any atom is -0.378 e. The molecule has 0 atom stereocenters. The van der Waals surface area contributed by atoms with Crippen LogP contribution >= 0.6 is 0 Å². The van der Waals surface area contributed by atoms with E-state index >= 15 is 0 Å². The smallest absolute Gasteiger partial charge is 0.156 e. The molecule has 1 N–H and O–H groups in total. The molecular weight excluding hydrogens is 368 g/mol. The van der Waals surface area contributed by atoms with Gasteiger partial charge in [0.15, 0.2) is 11.5 Å². The summed E-state index contributed by atoms with van der Waals surface area (Å²) in [6, 6.07) is 12.5. The van der Waals surface area contributed by atoms with E-state index in [2.05, 4.69) is 39.4 Å². The van der Waals surface area contributed by atoms with Gasteiger partial charge in [-0.15, -0.1) is 5.10 Å². The zero-order valence-corrected chi connectivity index (χ0v) is 16.7. The second-order valence-electron chi connectivity index (χ2n) is 7.35. The third-order valence-corrected chi connectivity index (χ3v) is 5.48.